The molecule has 128 valence electrons. The van der Waals surface area contributed by atoms with Crippen LogP contribution in [0.4, 0.5) is 0 Å². The lowest BCUT2D eigenvalue weighted by atomic mass is 10.0. The van der Waals surface area contributed by atoms with Crippen molar-refractivity contribution in [2.45, 2.75) is 32.7 Å². The normalized spacial score (nSPS) is 11.9. The molecular weight excluding hydrogens is 302 g/mol. The molecule has 0 heterocycles. The second-order valence-electron chi connectivity index (χ2n) is 6.07. The van der Waals surface area contributed by atoms with E-state index in [9.17, 15) is 4.79 Å². The topological polar surface area (TPSA) is 47.6 Å². The van der Waals surface area contributed by atoms with Crippen LogP contribution >= 0.6 is 0 Å². The number of benzene rings is 2. The van der Waals surface area contributed by atoms with Crippen LogP contribution in [0.5, 0.6) is 11.5 Å². The van der Waals surface area contributed by atoms with Gasteiger partial charge in [0.25, 0.3) is 5.91 Å². The summed E-state index contributed by atoms with van der Waals surface area (Å²) in [4.78, 5) is 12.0. The summed E-state index contributed by atoms with van der Waals surface area (Å²) in [7, 11) is 1.63. The number of rotatable bonds is 7. The van der Waals surface area contributed by atoms with Crippen LogP contribution in [0.15, 0.2) is 48.5 Å². The Morgan fingerprint density at radius 2 is 1.46 bits per heavy atom. The van der Waals surface area contributed by atoms with E-state index in [-0.39, 0.29) is 18.6 Å². The van der Waals surface area contributed by atoms with Crippen LogP contribution < -0.4 is 14.8 Å². The van der Waals surface area contributed by atoms with Crippen molar-refractivity contribution in [3.63, 3.8) is 0 Å². The van der Waals surface area contributed by atoms with Gasteiger partial charge in [0.1, 0.15) is 11.5 Å². The third-order valence-electron chi connectivity index (χ3n) is 3.91. The molecule has 0 bridgehead atoms. The Balaban J connectivity index is 1.83. The van der Waals surface area contributed by atoms with Gasteiger partial charge in [-0.2, -0.15) is 0 Å². The molecule has 24 heavy (non-hydrogen) atoms. The first-order chi connectivity index (χ1) is 11.5. The highest BCUT2D eigenvalue weighted by Crippen LogP contribution is 2.19. The van der Waals surface area contributed by atoms with E-state index in [0.717, 1.165) is 11.3 Å². The van der Waals surface area contributed by atoms with E-state index in [4.69, 9.17) is 9.47 Å². The lowest BCUT2D eigenvalue weighted by Gasteiger charge is -2.15. The Kier molecular flexibility index (Phi) is 6.24. The van der Waals surface area contributed by atoms with Gasteiger partial charge in [0.2, 0.25) is 0 Å². The molecule has 4 heteroatoms. The molecule has 0 aliphatic carbocycles. The van der Waals surface area contributed by atoms with Crippen LogP contribution in [0.2, 0.25) is 0 Å². The smallest absolute Gasteiger partial charge is 0.258 e. The molecule has 1 amide bonds. The van der Waals surface area contributed by atoms with E-state index in [1.54, 1.807) is 7.11 Å². The highest BCUT2D eigenvalue weighted by Gasteiger charge is 2.10. The van der Waals surface area contributed by atoms with Gasteiger partial charge in [0.15, 0.2) is 6.61 Å². The molecule has 0 saturated heterocycles. The molecule has 0 aromatic heterocycles. The van der Waals surface area contributed by atoms with Crippen molar-refractivity contribution in [1.82, 2.24) is 5.32 Å². The molecule has 2 aromatic carbocycles. The minimum Gasteiger partial charge on any atom is -0.497 e. The Hall–Kier alpha value is -2.49. The number of nitrogens with one attached hydrogen (secondary N) is 1. The first-order valence-electron chi connectivity index (χ1n) is 8.15. The van der Waals surface area contributed by atoms with E-state index in [1.807, 2.05) is 55.5 Å². The fourth-order valence-corrected chi connectivity index (χ4v) is 2.36. The highest BCUT2D eigenvalue weighted by atomic mass is 16.5. The van der Waals surface area contributed by atoms with E-state index in [0.29, 0.717) is 11.7 Å². The molecule has 0 fully saturated rings. The number of ether oxygens (including phenoxy) is 2. The quantitative estimate of drug-likeness (QED) is 0.834. The van der Waals surface area contributed by atoms with Gasteiger partial charge in [-0.1, -0.05) is 38.1 Å². The molecule has 0 saturated carbocycles. The van der Waals surface area contributed by atoms with E-state index in [2.05, 4.69) is 19.2 Å². The Morgan fingerprint density at radius 3 is 2.00 bits per heavy atom. The Bertz CT molecular complexity index is 648. The zero-order chi connectivity index (χ0) is 17.5. The number of hydrogen-bond donors (Lipinski definition) is 1. The maximum atomic E-state index is 12.0. The second-order valence-corrected chi connectivity index (χ2v) is 6.07. The molecule has 0 radical (unpaired) electrons. The number of methoxy groups -OCH3 is 1. The van der Waals surface area contributed by atoms with Crippen LogP contribution in [0.1, 0.15) is 43.9 Å². The maximum absolute atomic E-state index is 12.0. The zero-order valence-corrected chi connectivity index (χ0v) is 14.7. The third kappa shape index (κ3) is 5.01. The van der Waals surface area contributed by atoms with Crippen molar-refractivity contribution in [3.05, 3.63) is 59.7 Å². The van der Waals surface area contributed by atoms with Crippen molar-refractivity contribution >= 4 is 5.91 Å². The van der Waals surface area contributed by atoms with Crippen molar-refractivity contribution in [2.75, 3.05) is 13.7 Å². The molecule has 4 nitrogen and oxygen atoms in total. The first kappa shape index (κ1) is 17.9. The molecule has 0 spiro atoms. The van der Waals surface area contributed by atoms with Crippen molar-refractivity contribution in [1.29, 1.82) is 0 Å². The molecule has 2 rings (SSSR count). The maximum Gasteiger partial charge on any atom is 0.258 e. The third-order valence-corrected chi connectivity index (χ3v) is 3.91. The largest absolute Gasteiger partial charge is 0.497 e. The average molecular weight is 327 g/mol. The van der Waals surface area contributed by atoms with Crippen molar-refractivity contribution in [2.24, 2.45) is 0 Å². The summed E-state index contributed by atoms with van der Waals surface area (Å²) in [6, 6.07) is 15.4. The summed E-state index contributed by atoms with van der Waals surface area (Å²) < 4.78 is 10.7. The summed E-state index contributed by atoms with van der Waals surface area (Å²) >= 11 is 0. The molecule has 0 unspecified atom stereocenters. The number of carbonyl (C=O) groups excluding carboxylic acids is 1. The van der Waals surface area contributed by atoms with E-state index < -0.39 is 0 Å². The summed E-state index contributed by atoms with van der Waals surface area (Å²) in [6.07, 6.45) is 0. The standard InChI is InChI=1S/C20H25NO3/c1-14(2)16-5-11-19(12-6-16)24-13-20(22)21-15(3)17-7-9-18(23-4)10-8-17/h5-12,14-15H,13H2,1-4H3,(H,21,22)/t15-/m1/s1. The minimum atomic E-state index is -0.147. The number of hydrogen-bond acceptors (Lipinski definition) is 3. The summed E-state index contributed by atoms with van der Waals surface area (Å²) in [5.41, 5.74) is 2.27. The monoisotopic (exact) mass is 327 g/mol. The summed E-state index contributed by atoms with van der Waals surface area (Å²) in [5.74, 6) is 1.83. The van der Waals surface area contributed by atoms with Gasteiger partial charge >= 0.3 is 0 Å². The fraction of sp³-hybridized carbons (Fsp3) is 0.350. The van der Waals surface area contributed by atoms with Gasteiger partial charge in [-0.15, -0.1) is 0 Å². The molecule has 0 aliphatic rings. The van der Waals surface area contributed by atoms with Crippen LogP contribution in [0.25, 0.3) is 0 Å². The van der Waals surface area contributed by atoms with Gasteiger partial charge < -0.3 is 14.8 Å². The molecule has 2 aromatic rings. The molecular formula is C20H25NO3. The van der Waals surface area contributed by atoms with Crippen LogP contribution in [0, 0.1) is 0 Å². The minimum absolute atomic E-state index is 0.00151. The Morgan fingerprint density at radius 1 is 0.917 bits per heavy atom. The second kappa shape index (κ2) is 8.39. The SMILES string of the molecule is COc1ccc([C@@H](C)NC(=O)COc2ccc(C(C)C)cc2)cc1. The predicted molar refractivity (Wildman–Crippen MR) is 95.6 cm³/mol. The van der Waals surface area contributed by atoms with Gasteiger partial charge in [-0.3, -0.25) is 4.79 Å². The lowest BCUT2D eigenvalue weighted by molar-refractivity contribution is -0.123. The summed E-state index contributed by atoms with van der Waals surface area (Å²) in [5, 5.41) is 2.93. The van der Waals surface area contributed by atoms with Crippen LogP contribution in [-0.4, -0.2) is 19.6 Å². The van der Waals surface area contributed by atoms with Gasteiger partial charge in [0, 0.05) is 0 Å². The Labute approximate surface area is 143 Å². The van der Waals surface area contributed by atoms with Crippen molar-refractivity contribution < 1.29 is 14.3 Å². The predicted octanol–water partition coefficient (Wildman–Crippen LogP) is 4.07. The average Bonchev–Trinajstić information content (AvgIpc) is 2.60. The van der Waals surface area contributed by atoms with Crippen LogP contribution in [0.3, 0.4) is 0 Å². The highest BCUT2D eigenvalue weighted by molar-refractivity contribution is 5.78. The fourth-order valence-electron chi connectivity index (χ4n) is 2.36. The van der Waals surface area contributed by atoms with Crippen molar-refractivity contribution in [3.8, 4) is 11.5 Å². The number of carbonyl (C=O) groups is 1. The van der Waals surface area contributed by atoms with E-state index in [1.165, 1.54) is 5.56 Å². The molecule has 1 atom stereocenters. The van der Waals surface area contributed by atoms with Gasteiger partial charge in [-0.05, 0) is 48.2 Å². The first-order valence-corrected chi connectivity index (χ1v) is 8.15. The molecule has 0 aliphatic heterocycles. The molecule has 1 N–H and O–H groups in total. The lowest BCUT2D eigenvalue weighted by Crippen LogP contribution is -2.31. The summed E-state index contributed by atoms with van der Waals surface area (Å²) in [6.45, 7) is 6.23. The van der Waals surface area contributed by atoms with E-state index >= 15 is 0 Å². The van der Waals surface area contributed by atoms with Gasteiger partial charge in [-0.25, -0.2) is 0 Å². The zero-order valence-electron chi connectivity index (χ0n) is 14.7. The van der Waals surface area contributed by atoms with Gasteiger partial charge in [0.05, 0.1) is 13.2 Å². The number of amides is 1. The van der Waals surface area contributed by atoms with Crippen LogP contribution in [-0.2, 0) is 4.79 Å².